The van der Waals surface area contributed by atoms with Crippen LogP contribution in [0.2, 0.25) is 5.15 Å². The minimum atomic E-state index is 0.548. The molecule has 0 N–H and O–H groups in total. The second-order valence-electron chi connectivity index (χ2n) is 4.48. The van der Waals surface area contributed by atoms with Crippen LogP contribution in [0.15, 0.2) is 36.8 Å². The summed E-state index contributed by atoms with van der Waals surface area (Å²) in [5, 5.41) is 0.548. The summed E-state index contributed by atoms with van der Waals surface area (Å²) in [6.45, 7) is 6.14. The first kappa shape index (κ1) is 13.8. The van der Waals surface area contributed by atoms with Crippen molar-refractivity contribution in [3.8, 4) is 0 Å². The van der Waals surface area contributed by atoms with Crippen LogP contribution in [0.3, 0.4) is 0 Å². The zero-order valence-electron chi connectivity index (χ0n) is 11.3. The summed E-state index contributed by atoms with van der Waals surface area (Å²) in [4.78, 5) is 10.5. The van der Waals surface area contributed by atoms with Crippen LogP contribution in [0.4, 0.5) is 5.69 Å². The van der Waals surface area contributed by atoms with Crippen LogP contribution >= 0.6 is 11.6 Å². The van der Waals surface area contributed by atoms with E-state index in [1.54, 1.807) is 0 Å². The molecule has 0 atom stereocenters. The maximum atomic E-state index is 5.90. The van der Waals surface area contributed by atoms with Crippen LogP contribution in [-0.2, 0) is 6.42 Å². The number of hydrogen-bond acceptors (Lipinski definition) is 3. The second-order valence-corrected chi connectivity index (χ2v) is 4.87. The number of aryl methyl sites for hydroxylation is 1. The molecule has 0 fully saturated rings. The van der Waals surface area contributed by atoms with Gasteiger partial charge in [0.2, 0.25) is 0 Å². The van der Waals surface area contributed by atoms with Gasteiger partial charge in [0.05, 0.1) is 11.9 Å². The van der Waals surface area contributed by atoms with Crippen LogP contribution in [0.25, 0.3) is 0 Å². The van der Waals surface area contributed by atoms with Crippen molar-refractivity contribution in [2.45, 2.75) is 20.3 Å². The topological polar surface area (TPSA) is 29.0 Å². The van der Waals surface area contributed by atoms with E-state index in [2.05, 4.69) is 40.8 Å². The quantitative estimate of drug-likeness (QED) is 0.782. The van der Waals surface area contributed by atoms with E-state index in [9.17, 15) is 0 Å². The number of aromatic nitrogens is 2. The third-order valence-corrected chi connectivity index (χ3v) is 3.40. The molecule has 0 saturated heterocycles. The van der Waals surface area contributed by atoms with Gasteiger partial charge in [-0.05, 0) is 49.6 Å². The van der Waals surface area contributed by atoms with Crippen LogP contribution in [0, 0.1) is 6.92 Å². The Hall–Kier alpha value is -1.61. The molecule has 0 amide bonds. The molecule has 0 aliphatic heterocycles. The molecule has 3 nitrogen and oxygen atoms in total. The minimum Gasteiger partial charge on any atom is -0.370 e. The van der Waals surface area contributed by atoms with E-state index in [4.69, 9.17) is 11.6 Å². The molecular weight excluding hydrogens is 258 g/mol. The molecule has 0 aliphatic rings. The minimum absolute atomic E-state index is 0.548. The van der Waals surface area contributed by atoms with E-state index in [1.165, 1.54) is 5.56 Å². The van der Waals surface area contributed by atoms with Gasteiger partial charge in [0.15, 0.2) is 0 Å². The number of anilines is 1. The Kier molecular flexibility index (Phi) is 4.74. The van der Waals surface area contributed by atoms with Gasteiger partial charge in [-0.25, -0.2) is 4.98 Å². The summed E-state index contributed by atoms with van der Waals surface area (Å²) < 4.78 is 0. The molecule has 4 heteroatoms. The fourth-order valence-corrected chi connectivity index (χ4v) is 2.32. The molecule has 0 spiro atoms. The number of hydrogen-bond donors (Lipinski definition) is 0. The van der Waals surface area contributed by atoms with Gasteiger partial charge in [-0.15, -0.1) is 0 Å². The molecule has 2 heterocycles. The number of rotatable bonds is 5. The molecule has 0 saturated carbocycles. The molecule has 2 rings (SSSR count). The summed E-state index contributed by atoms with van der Waals surface area (Å²) in [5.41, 5.74) is 3.62. The SMILES string of the molecule is CCN(CCc1ccncc1)c1cnc(Cl)cc1C. The Bertz CT molecular complexity index is 528. The van der Waals surface area contributed by atoms with E-state index in [0.29, 0.717) is 5.15 Å². The summed E-state index contributed by atoms with van der Waals surface area (Å²) in [7, 11) is 0. The monoisotopic (exact) mass is 275 g/mol. The third kappa shape index (κ3) is 3.67. The van der Waals surface area contributed by atoms with E-state index < -0.39 is 0 Å². The standard InChI is InChI=1S/C15H18ClN3/c1-3-19(9-6-13-4-7-17-8-5-13)14-11-18-15(16)10-12(14)2/h4-5,7-8,10-11H,3,6,9H2,1-2H3. The normalized spacial score (nSPS) is 10.5. The van der Waals surface area contributed by atoms with Gasteiger partial charge in [-0.1, -0.05) is 11.6 Å². The molecule has 0 aromatic carbocycles. The number of halogens is 1. The van der Waals surface area contributed by atoms with Crippen LogP contribution in [0.5, 0.6) is 0 Å². The molecule has 100 valence electrons. The summed E-state index contributed by atoms with van der Waals surface area (Å²) in [6.07, 6.45) is 6.52. The molecule has 2 aromatic heterocycles. The van der Waals surface area contributed by atoms with Crippen molar-refractivity contribution in [1.29, 1.82) is 0 Å². The van der Waals surface area contributed by atoms with E-state index in [0.717, 1.165) is 30.8 Å². The van der Waals surface area contributed by atoms with Crippen molar-refractivity contribution >= 4 is 17.3 Å². The van der Waals surface area contributed by atoms with Crippen molar-refractivity contribution in [2.75, 3.05) is 18.0 Å². The lowest BCUT2D eigenvalue weighted by Gasteiger charge is -2.24. The largest absolute Gasteiger partial charge is 0.370 e. The average molecular weight is 276 g/mol. The molecule has 0 radical (unpaired) electrons. The fourth-order valence-electron chi connectivity index (χ4n) is 2.11. The highest BCUT2D eigenvalue weighted by atomic mass is 35.5. The molecule has 19 heavy (non-hydrogen) atoms. The predicted octanol–water partition coefficient (Wildman–Crippen LogP) is 3.51. The highest BCUT2D eigenvalue weighted by Gasteiger charge is 2.08. The first-order chi connectivity index (χ1) is 9.20. The van der Waals surface area contributed by atoms with Gasteiger partial charge in [0.25, 0.3) is 0 Å². The molecule has 2 aromatic rings. The predicted molar refractivity (Wildman–Crippen MR) is 79.8 cm³/mol. The molecule has 0 bridgehead atoms. The zero-order valence-corrected chi connectivity index (χ0v) is 12.1. The summed E-state index contributed by atoms with van der Waals surface area (Å²) >= 11 is 5.90. The van der Waals surface area contributed by atoms with Gasteiger partial charge in [-0.2, -0.15) is 0 Å². The van der Waals surface area contributed by atoms with Gasteiger partial charge in [0, 0.05) is 25.5 Å². The van der Waals surface area contributed by atoms with E-state index in [1.807, 2.05) is 24.7 Å². The number of likely N-dealkylation sites (N-methyl/N-ethyl adjacent to an activating group) is 1. The van der Waals surface area contributed by atoms with Crippen LogP contribution < -0.4 is 4.90 Å². The molecular formula is C15H18ClN3. The Morgan fingerprint density at radius 3 is 2.63 bits per heavy atom. The number of nitrogens with zero attached hydrogens (tertiary/aromatic N) is 3. The maximum Gasteiger partial charge on any atom is 0.129 e. The Morgan fingerprint density at radius 2 is 2.00 bits per heavy atom. The van der Waals surface area contributed by atoms with Crippen molar-refractivity contribution in [3.63, 3.8) is 0 Å². The summed E-state index contributed by atoms with van der Waals surface area (Å²) in [5.74, 6) is 0. The van der Waals surface area contributed by atoms with Crippen molar-refractivity contribution in [1.82, 2.24) is 9.97 Å². The molecule has 0 unspecified atom stereocenters. The Morgan fingerprint density at radius 1 is 1.26 bits per heavy atom. The van der Waals surface area contributed by atoms with E-state index >= 15 is 0 Å². The molecule has 0 aliphatic carbocycles. The number of pyridine rings is 2. The first-order valence-electron chi connectivity index (χ1n) is 6.46. The smallest absolute Gasteiger partial charge is 0.129 e. The third-order valence-electron chi connectivity index (χ3n) is 3.19. The van der Waals surface area contributed by atoms with Crippen LogP contribution in [0.1, 0.15) is 18.1 Å². The highest BCUT2D eigenvalue weighted by molar-refractivity contribution is 6.29. The lowest BCUT2D eigenvalue weighted by molar-refractivity contribution is 0.802. The maximum absolute atomic E-state index is 5.90. The first-order valence-corrected chi connectivity index (χ1v) is 6.84. The van der Waals surface area contributed by atoms with Crippen molar-refractivity contribution in [2.24, 2.45) is 0 Å². The highest BCUT2D eigenvalue weighted by Crippen LogP contribution is 2.21. The van der Waals surface area contributed by atoms with Gasteiger partial charge in [0.1, 0.15) is 5.15 Å². The lowest BCUT2D eigenvalue weighted by atomic mass is 10.1. The van der Waals surface area contributed by atoms with Gasteiger partial charge >= 0.3 is 0 Å². The zero-order chi connectivity index (χ0) is 13.7. The second kappa shape index (κ2) is 6.53. The van der Waals surface area contributed by atoms with E-state index in [-0.39, 0.29) is 0 Å². The van der Waals surface area contributed by atoms with Crippen molar-refractivity contribution in [3.05, 3.63) is 53.1 Å². The fraction of sp³-hybridized carbons (Fsp3) is 0.333. The van der Waals surface area contributed by atoms with Crippen molar-refractivity contribution < 1.29 is 0 Å². The summed E-state index contributed by atoms with van der Waals surface area (Å²) in [6, 6.07) is 6.02. The van der Waals surface area contributed by atoms with Gasteiger partial charge in [-0.3, -0.25) is 4.98 Å². The lowest BCUT2D eigenvalue weighted by Crippen LogP contribution is -2.26. The Labute approximate surface area is 119 Å². The Balaban J connectivity index is 2.08. The van der Waals surface area contributed by atoms with Gasteiger partial charge < -0.3 is 4.90 Å². The van der Waals surface area contributed by atoms with Crippen LogP contribution in [-0.4, -0.2) is 23.1 Å². The average Bonchev–Trinajstić information content (AvgIpc) is 2.42.